The number of epoxide rings is 1. The Morgan fingerprint density at radius 2 is 1.35 bits per heavy atom. The highest BCUT2D eigenvalue weighted by Crippen LogP contribution is 2.23. The fourth-order valence-corrected chi connectivity index (χ4v) is 2.84. The van der Waals surface area contributed by atoms with Gasteiger partial charge < -0.3 is 14.6 Å². The first-order chi connectivity index (χ1) is 11.3. The van der Waals surface area contributed by atoms with Gasteiger partial charge in [-0.3, -0.25) is 4.79 Å². The molecule has 0 amide bonds. The second-order valence-electron chi connectivity index (χ2n) is 6.71. The van der Waals surface area contributed by atoms with Crippen LogP contribution in [0.4, 0.5) is 0 Å². The van der Waals surface area contributed by atoms with Crippen LogP contribution in [-0.2, 0) is 14.3 Å². The summed E-state index contributed by atoms with van der Waals surface area (Å²) in [6.45, 7) is 2.19. The monoisotopic (exact) mass is 328 g/mol. The highest BCUT2D eigenvalue weighted by Gasteiger charge is 2.41. The quantitative estimate of drug-likeness (QED) is 0.253. The molecule has 0 radical (unpaired) electrons. The van der Waals surface area contributed by atoms with Gasteiger partial charge in [-0.25, -0.2) is 0 Å². The van der Waals surface area contributed by atoms with Gasteiger partial charge in [0.2, 0.25) is 6.29 Å². The molecule has 1 aliphatic rings. The number of esters is 1. The Kier molecular flexibility index (Phi) is 12.3. The number of hydrogen-bond acceptors (Lipinski definition) is 4. The van der Waals surface area contributed by atoms with Gasteiger partial charge in [0.15, 0.2) is 0 Å². The third-order valence-corrected chi connectivity index (χ3v) is 4.45. The van der Waals surface area contributed by atoms with E-state index in [0.29, 0.717) is 6.42 Å². The smallest absolute Gasteiger partial charge is 0.308 e. The van der Waals surface area contributed by atoms with E-state index in [1.165, 1.54) is 70.6 Å². The maximum atomic E-state index is 11.5. The van der Waals surface area contributed by atoms with E-state index < -0.39 is 6.29 Å². The van der Waals surface area contributed by atoms with Crippen molar-refractivity contribution in [1.29, 1.82) is 0 Å². The van der Waals surface area contributed by atoms with Crippen molar-refractivity contribution < 1.29 is 19.4 Å². The molecular weight excluding hydrogens is 292 g/mol. The van der Waals surface area contributed by atoms with Crippen molar-refractivity contribution >= 4 is 5.97 Å². The van der Waals surface area contributed by atoms with E-state index in [1.807, 2.05) is 0 Å². The van der Waals surface area contributed by atoms with Crippen molar-refractivity contribution in [3.05, 3.63) is 0 Å². The standard InChI is InChI=1S/C19H36O4/c1-2-3-4-5-6-7-8-9-10-11-12-13-14-15-18(21)23-19-17(16-20)22-19/h17,19-20H,2-16H2,1H3. The van der Waals surface area contributed by atoms with Crippen LogP contribution >= 0.6 is 0 Å². The minimum absolute atomic E-state index is 0.0727. The van der Waals surface area contributed by atoms with Crippen LogP contribution in [0.25, 0.3) is 0 Å². The van der Waals surface area contributed by atoms with Crippen LogP contribution < -0.4 is 0 Å². The van der Waals surface area contributed by atoms with Crippen LogP contribution in [0.2, 0.25) is 0 Å². The predicted octanol–water partition coefficient (Wildman–Crippen LogP) is 4.73. The molecule has 1 heterocycles. The molecule has 0 aromatic carbocycles. The number of aliphatic hydroxyl groups excluding tert-OH is 1. The highest BCUT2D eigenvalue weighted by atomic mass is 16.8. The molecule has 136 valence electrons. The van der Waals surface area contributed by atoms with E-state index in [1.54, 1.807) is 0 Å². The van der Waals surface area contributed by atoms with Gasteiger partial charge in [-0.2, -0.15) is 0 Å². The lowest BCUT2D eigenvalue weighted by Crippen LogP contribution is -2.10. The van der Waals surface area contributed by atoms with Crippen molar-refractivity contribution in [2.75, 3.05) is 6.61 Å². The third kappa shape index (κ3) is 11.5. The van der Waals surface area contributed by atoms with Crippen molar-refractivity contribution in [1.82, 2.24) is 0 Å². The third-order valence-electron chi connectivity index (χ3n) is 4.45. The lowest BCUT2D eigenvalue weighted by atomic mass is 10.0. The zero-order chi connectivity index (χ0) is 16.8. The Morgan fingerprint density at radius 3 is 1.78 bits per heavy atom. The average Bonchev–Trinajstić information content (AvgIpc) is 3.30. The summed E-state index contributed by atoms with van der Waals surface area (Å²) in [5.74, 6) is -0.200. The molecule has 0 aromatic heterocycles. The Morgan fingerprint density at radius 1 is 0.870 bits per heavy atom. The van der Waals surface area contributed by atoms with Gasteiger partial charge in [-0.1, -0.05) is 84.0 Å². The second-order valence-corrected chi connectivity index (χ2v) is 6.71. The summed E-state index contributed by atoms with van der Waals surface area (Å²) in [5, 5.41) is 8.77. The Balaban J connectivity index is 1.72. The summed E-state index contributed by atoms with van der Waals surface area (Å²) in [6, 6.07) is 0. The summed E-state index contributed by atoms with van der Waals surface area (Å²) < 4.78 is 10.0. The molecule has 0 aromatic rings. The lowest BCUT2D eigenvalue weighted by molar-refractivity contribution is -0.148. The number of aliphatic hydroxyl groups is 1. The van der Waals surface area contributed by atoms with Crippen molar-refractivity contribution in [3.63, 3.8) is 0 Å². The molecule has 1 fully saturated rings. The average molecular weight is 328 g/mol. The van der Waals surface area contributed by atoms with E-state index in [9.17, 15) is 4.79 Å². The molecule has 1 N–H and O–H groups in total. The van der Waals surface area contributed by atoms with Gasteiger partial charge in [0.25, 0.3) is 0 Å². The first kappa shape index (κ1) is 20.4. The van der Waals surface area contributed by atoms with Gasteiger partial charge in [0.05, 0.1) is 6.61 Å². The summed E-state index contributed by atoms with van der Waals surface area (Å²) in [7, 11) is 0. The van der Waals surface area contributed by atoms with Crippen molar-refractivity contribution in [2.45, 2.75) is 109 Å². The molecule has 4 heteroatoms. The van der Waals surface area contributed by atoms with E-state index in [-0.39, 0.29) is 18.7 Å². The fourth-order valence-electron chi connectivity index (χ4n) is 2.84. The van der Waals surface area contributed by atoms with Gasteiger partial charge in [0.1, 0.15) is 6.10 Å². The first-order valence-corrected chi connectivity index (χ1v) is 9.73. The molecule has 2 unspecified atom stereocenters. The molecule has 4 nitrogen and oxygen atoms in total. The predicted molar refractivity (Wildman–Crippen MR) is 92.2 cm³/mol. The maximum absolute atomic E-state index is 11.5. The molecule has 2 atom stereocenters. The summed E-state index contributed by atoms with van der Waals surface area (Å²) in [5.41, 5.74) is 0. The van der Waals surface area contributed by atoms with Gasteiger partial charge in [-0.05, 0) is 6.42 Å². The fraction of sp³-hybridized carbons (Fsp3) is 0.947. The Hall–Kier alpha value is -0.610. The zero-order valence-corrected chi connectivity index (χ0v) is 14.9. The number of unbranched alkanes of at least 4 members (excludes halogenated alkanes) is 12. The number of ether oxygens (including phenoxy) is 2. The van der Waals surface area contributed by atoms with Crippen molar-refractivity contribution in [2.24, 2.45) is 0 Å². The minimum Gasteiger partial charge on any atom is -0.433 e. The summed E-state index contributed by atoms with van der Waals surface area (Å²) >= 11 is 0. The first-order valence-electron chi connectivity index (χ1n) is 9.73. The molecule has 0 aliphatic carbocycles. The molecule has 1 rings (SSSR count). The molecule has 0 saturated carbocycles. The Bertz CT molecular complexity index is 293. The van der Waals surface area contributed by atoms with E-state index >= 15 is 0 Å². The molecule has 23 heavy (non-hydrogen) atoms. The van der Waals surface area contributed by atoms with Crippen LogP contribution in [-0.4, -0.2) is 30.1 Å². The van der Waals surface area contributed by atoms with Crippen LogP contribution in [0.5, 0.6) is 0 Å². The van der Waals surface area contributed by atoms with Gasteiger partial charge >= 0.3 is 5.97 Å². The minimum atomic E-state index is -0.491. The summed E-state index contributed by atoms with van der Waals surface area (Å²) in [6.07, 6.45) is 16.6. The van der Waals surface area contributed by atoms with E-state index in [2.05, 4.69) is 6.92 Å². The lowest BCUT2D eigenvalue weighted by Gasteiger charge is -2.03. The molecule has 1 aliphatic heterocycles. The van der Waals surface area contributed by atoms with Crippen molar-refractivity contribution in [3.8, 4) is 0 Å². The SMILES string of the molecule is CCCCCCCCCCCCCCCC(=O)OC1OC1CO. The maximum Gasteiger partial charge on any atom is 0.308 e. The number of rotatable bonds is 16. The van der Waals surface area contributed by atoms with Gasteiger partial charge in [0, 0.05) is 6.42 Å². The molecule has 0 spiro atoms. The normalized spacial score (nSPS) is 19.7. The zero-order valence-electron chi connectivity index (χ0n) is 14.9. The van der Waals surface area contributed by atoms with E-state index in [0.717, 1.165) is 12.8 Å². The Labute approximate surface area is 141 Å². The van der Waals surface area contributed by atoms with Crippen LogP contribution in [0.15, 0.2) is 0 Å². The summed E-state index contributed by atoms with van der Waals surface area (Å²) in [4.78, 5) is 11.5. The number of hydrogen-bond donors (Lipinski definition) is 1. The molecule has 0 bridgehead atoms. The number of carbonyl (C=O) groups excluding carboxylic acids is 1. The van der Waals surface area contributed by atoms with Crippen LogP contribution in [0, 0.1) is 0 Å². The van der Waals surface area contributed by atoms with Gasteiger partial charge in [-0.15, -0.1) is 0 Å². The molecular formula is C19H36O4. The highest BCUT2D eigenvalue weighted by molar-refractivity contribution is 5.69. The van der Waals surface area contributed by atoms with E-state index in [4.69, 9.17) is 14.6 Å². The second kappa shape index (κ2) is 13.8. The molecule has 1 saturated heterocycles. The number of carbonyl (C=O) groups is 1. The van der Waals surface area contributed by atoms with Crippen LogP contribution in [0.1, 0.15) is 96.8 Å². The largest absolute Gasteiger partial charge is 0.433 e. The van der Waals surface area contributed by atoms with Crippen LogP contribution in [0.3, 0.4) is 0 Å². The topological polar surface area (TPSA) is 59.1 Å².